The van der Waals surface area contributed by atoms with Gasteiger partial charge in [0.25, 0.3) is 5.09 Å². The van der Waals surface area contributed by atoms with Crippen molar-refractivity contribution in [2.24, 2.45) is 4.99 Å². The van der Waals surface area contributed by atoms with Gasteiger partial charge in [-0.05, 0) is 34.6 Å². The summed E-state index contributed by atoms with van der Waals surface area (Å²) < 4.78 is 0. The maximum atomic E-state index is 10.9. The number of halogens is 3. The zero-order valence-corrected chi connectivity index (χ0v) is 25.5. The van der Waals surface area contributed by atoms with Crippen LogP contribution in [-0.4, -0.2) is 29.7 Å². The molecular formula is C23H32Cl3N2O4PTi+. The van der Waals surface area contributed by atoms with E-state index >= 15 is 0 Å². The van der Waals surface area contributed by atoms with Gasteiger partial charge in [-0.1, -0.05) is 47.6 Å². The molecular weight excluding hydrogens is 553 g/mol. The summed E-state index contributed by atoms with van der Waals surface area (Å²) >= 11 is -1.92. The number of hydrogen-bond acceptors (Lipinski definition) is 5. The van der Waals surface area contributed by atoms with E-state index in [1.807, 2.05) is 6.07 Å². The predicted molar refractivity (Wildman–Crippen MR) is 144 cm³/mol. The van der Waals surface area contributed by atoms with Gasteiger partial charge >= 0.3 is 42.6 Å². The second-order valence-corrected chi connectivity index (χ2v) is 20.2. The first-order valence-corrected chi connectivity index (χ1v) is 19.4. The fourth-order valence-corrected chi connectivity index (χ4v) is 4.16. The second-order valence-electron chi connectivity index (χ2n) is 9.93. The summed E-state index contributed by atoms with van der Waals surface area (Å²) in [5, 5.41) is 21.7. The normalized spacial score (nSPS) is 11.9. The average molecular weight is 586 g/mol. The molecule has 2 aromatic carbocycles. The molecule has 2 aromatic rings. The molecule has 1 N–H and O–H groups in total. The van der Waals surface area contributed by atoms with Crippen LogP contribution in [0.2, 0.25) is 0 Å². The topological polar surface area (TPSA) is 85.0 Å². The SMILES string of the molecule is C[PH+](C)c1cc(O[N+](=O)[O-])ccc1N=Cc1cc(C(C)(C)C)cc(C(C)(C)C)c1O.[Cl][Ti]([Cl])[Cl]. The van der Waals surface area contributed by atoms with E-state index in [1.54, 1.807) is 18.3 Å². The predicted octanol–water partition coefficient (Wildman–Crippen LogP) is 7.47. The van der Waals surface area contributed by atoms with Crippen LogP contribution in [0.3, 0.4) is 0 Å². The Bertz CT molecular complexity index is 1030. The van der Waals surface area contributed by atoms with Gasteiger partial charge in [-0.15, -0.1) is 10.1 Å². The van der Waals surface area contributed by atoms with E-state index in [2.05, 4.69) is 70.8 Å². The second kappa shape index (κ2) is 12.9. The van der Waals surface area contributed by atoms with Crippen molar-refractivity contribution in [3.63, 3.8) is 0 Å². The van der Waals surface area contributed by atoms with Crippen LogP contribution >= 0.6 is 35.8 Å². The van der Waals surface area contributed by atoms with Crippen LogP contribution in [0, 0.1) is 10.1 Å². The van der Waals surface area contributed by atoms with Gasteiger partial charge in [0.05, 0.1) is 13.3 Å². The number of aromatic hydroxyl groups is 1. The first-order chi connectivity index (χ1) is 15.4. The third-order valence-electron chi connectivity index (χ3n) is 4.84. The van der Waals surface area contributed by atoms with Crippen LogP contribution < -0.4 is 10.1 Å². The molecule has 0 aromatic heterocycles. The van der Waals surface area contributed by atoms with Gasteiger partial charge in [0, 0.05) is 31.3 Å². The summed E-state index contributed by atoms with van der Waals surface area (Å²) in [7, 11) is 14.0. The molecule has 0 saturated carbocycles. The molecule has 0 aliphatic carbocycles. The summed E-state index contributed by atoms with van der Waals surface area (Å²) in [5.74, 6) is 0.417. The van der Waals surface area contributed by atoms with Gasteiger partial charge < -0.3 is 5.11 Å². The van der Waals surface area contributed by atoms with Crippen LogP contribution in [0.5, 0.6) is 11.5 Å². The number of aliphatic imine (C=N–C) groups is 1. The van der Waals surface area contributed by atoms with Crippen molar-refractivity contribution in [1.29, 1.82) is 0 Å². The van der Waals surface area contributed by atoms with E-state index in [9.17, 15) is 15.2 Å². The quantitative estimate of drug-likeness (QED) is 0.130. The summed E-state index contributed by atoms with van der Waals surface area (Å²) in [6.07, 6.45) is 1.68. The molecule has 6 nitrogen and oxygen atoms in total. The first kappa shape index (κ1) is 31.2. The van der Waals surface area contributed by atoms with E-state index in [0.29, 0.717) is 5.56 Å². The third kappa shape index (κ3) is 10.0. The molecule has 0 fully saturated rings. The van der Waals surface area contributed by atoms with Gasteiger partial charge in [-0.2, -0.15) is 0 Å². The summed E-state index contributed by atoms with van der Waals surface area (Å²) in [4.78, 5) is 19.9. The van der Waals surface area contributed by atoms with Crippen molar-refractivity contribution in [3.05, 3.63) is 57.1 Å². The zero-order chi connectivity index (χ0) is 26.4. The Kier molecular flexibility index (Phi) is 11.8. The van der Waals surface area contributed by atoms with Crippen LogP contribution in [0.25, 0.3) is 0 Å². The molecule has 11 heteroatoms. The number of benzene rings is 2. The van der Waals surface area contributed by atoms with Crippen molar-refractivity contribution < 1.29 is 29.7 Å². The van der Waals surface area contributed by atoms with Crippen molar-refractivity contribution in [2.45, 2.75) is 52.4 Å². The van der Waals surface area contributed by atoms with Gasteiger partial charge in [0.15, 0.2) is 0 Å². The standard InChI is InChI=1S/C23H31N2O4P.3ClH.Ti/c1-22(2,3)16-11-15(21(26)18(12-16)23(4,5)6)14-24-19-10-9-17(29-25(27)28)13-20(19)30(7)8;;;;/h9-14,26H,1-8H3;3*1H;/q;;;;+3/p-2. The fourth-order valence-electron chi connectivity index (χ4n) is 3.07. The Morgan fingerprint density at radius 2 is 1.62 bits per heavy atom. The van der Waals surface area contributed by atoms with Crippen LogP contribution in [0.1, 0.15) is 58.2 Å². The van der Waals surface area contributed by atoms with Crippen LogP contribution in [0.4, 0.5) is 5.69 Å². The molecule has 34 heavy (non-hydrogen) atoms. The molecule has 2 rings (SSSR count). The van der Waals surface area contributed by atoms with Crippen molar-refractivity contribution >= 4 is 53.0 Å². The molecule has 0 radical (unpaired) electrons. The maximum absolute atomic E-state index is 10.9. The number of phenolic OH excluding ortho intramolecular Hbond substituents is 1. The van der Waals surface area contributed by atoms with E-state index in [0.717, 1.165) is 22.1 Å². The Balaban J connectivity index is 0.00000133. The molecule has 187 valence electrons. The minimum atomic E-state index is -1.92. The Labute approximate surface area is 221 Å². The number of nitrogens with zero attached hydrogens (tertiary/aromatic N) is 2. The molecule has 0 heterocycles. The van der Waals surface area contributed by atoms with Gasteiger partial charge in [0.1, 0.15) is 22.5 Å². The Hall–Kier alpha value is -0.876. The van der Waals surface area contributed by atoms with Crippen molar-refractivity contribution in [2.75, 3.05) is 13.3 Å². The monoisotopic (exact) mass is 584 g/mol. The van der Waals surface area contributed by atoms with E-state index in [-0.39, 0.29) is 22.3 Å². The third-order valence-corrected chi connectivity index (χ3v) is 6.32. The van der Waals surface area contributed by atoms with Crippen molar-refractivity contribution in [3.8, 4) is 11.5 Å². The number of rotatable bonds is 5. The molecule has 0 spiro atoms. The number of phenols is 1. The Morgan fingerprint density at radius 1 is 1.06 bits per heavy atom. The van der Waals surface area contributed by atoms with E-state index in [1.165, 1.54) is 6.07 Å². The van der Waals surface area contributed by atoms with Crippen molar-refractivity contribution in [1.82, 2.24) is 0 Å². The fraction of sp³-hybridized carbons (Fsp3) is 0.435. The molecule has 0 aliphatic heterocycles. The first-order valence-electron chi connectivity index (χ1n) is 10.5. The van der Waals surface area contributed by atoms with Gasteiger partial charge in [-0.25, -0.2) is 0 Å². The molecule has 0 bridgehead atoms. The molecule has 0 saturated heterocycles. The van der Waals surface area contributed by atoms with Gasteiger partial charge in [-0.3, -0.25) is 9.83 Å². The van der Waals surface area contributed by atoms with Crippen LogP contribution in [0.15, 0.2) is 35.3 Å². The molecule has 0 aliphatic rings. The van der Waals surface area contributed by atoms with E-state index < -0.39 is 27.7 Å². The Morgan fingerprint density at radius 3 is 2.06 bits per heavy atom. The molecule has 0 atom stereocenters. The summed E-state index contributed by atoms with van der Waals surface area (Å²) in [5.41, 5.74) is 3.09. The molecule has 0 unspecified atom stereocenters. The summed E-state index contributed by atoms with van der Waals surface area (Å²) in [6.45, 7) is 16.8. The summed E-state index contributed by atoms with van der Waals surface area (Å²) in [6, 6.07) is 8.98. The average Bonchev–Trinajstić information content (AvgIpc) is 2.64. The number of hydrogen-bond donors (Lipinski definition) is 1. The van der Waals surface area contributed by atoms with Crippen LogP contribution in [-0.2, 0) is 25.5 Å². The van der Waals surface area contributed by atoms with Gasteiger partial charge in [0.2, 0.25) is 0 Å². The zero-order valence-electron chi connectivity index (χ0n) is 20.7. The van der Waals surface area contributed by atoms with E-state index in [4.69, 9.17) is 27.9 Å². The molecule has 0 amide bonds. The minimum absolute atomic E-state index is 0.0774.